The fourth-order valence-corrected chi connectivity index (χ4v) is 2.15. The lowest BCUT2D eigenvalue weighted by Gasteiger charge is -2.46. The van der Waals surface area contributed by atoms with Crippen molar-refractivity contribution >= 4 is 0 Å². The molecule has 8 nitrogen and oxygen atoms in total. The van der Waals surface area contributed by atoms with E-state index in [4.69, 9.17) is 15.3 Å². The van der Waals surface area contributed by atoms with Gasteiger partial charge in [0.15, 0.2) is 0 Å². The van der Waals surface area contributed by atoms with E-state index in [9.17, 15) is 20.4 Å². The van der Waals surface area contributed by atoms with Crippen LogP contribution in [0.3, 0.4) is 0 Å². The number of halogens is 1. The second kappa shape index (κ2) is 7.67. The first-order valence-corrected chi connectivity index (χ1v) is 5.74. The highest BCUT2D eigenvalue weighted by molar-refractivity contribution is 5.05. The fourth-order valence-electron chi connectivity index (χ4n) is 2.15. The van der Waals surface area contributed by atoms with Crippen LogP contribution in [0, 0.1) is 0 Å². The largest absolute Gasteiger partial charge is 1.00 e. The van der Waals surface area contributed by atoms with Crippen molar-refractivity contribution in [1.82, 2.24) is 5.32 Å². The summed E-state index contributed by atoms with van der Waals surface area (Å²) in [4.78, 5) is 0. The summed E-state index contributed by atoms with van der Waals surface area (Å²) in [6.45, 7) is -1.56. The summed E-state index contributed by atoms with van der Waals surface area (Å²) < 4.78 is 0. The van der Waals surface area contributed by atoms with E-state index in [1.165, 1.54) is 0 Å². The van der Waals surface area contributed by atoms with Gasteiger partial charge in [0.2, 0.25) is 0 Å². The summed E-state index contributed by atoms with van der Waals surface area (Å²) in [7, 11) is 0. The van der Waals surface area contributed by atoms with Crippen LogP contribution in [0.25, 0.3) is 0 Å². The predicted octanol–water partition coefficient (Wildman–Crippen LogP) is -7.49. The molecule has 0 aromatic carbocycles. The molecule has 1 fully saturated rings. The number of aliphatic hydroxyl groups excluding tert-OH is 6. The average molecular weight is 303 g/mol. The number of aliphatic hydroxyl groups is 7. The quantitative estimate of drug-likeness (QED) is 0.249. The molecule has 0 aromatic heterocycles. The van der Waals surface area contributed by atoms with Crippen molar-refractivity contribution in [3.05, 3.63) is 0 Å². The Morgan fingerprint density at radius 3 is 2.00 bits per heavy atom. The zero-order valence-electron chi connectivity index (χ0n) is 10.2. The SMILES string of the molecule is OCC(CO)N[C@H]1C[C@](O)(CO)[C@@H](O)[C@H](O)[C@H]1O.[Cl-]. The zero-order valence-corrected chi connectivity index (χ0v) is 11.0. The molecule has 8 N–H and O–H groups in total. The predicted molar refractivity (Wildman–Crippen MR) is 59.6 cm³/mol. The van der Waals surface area contributed by atoms with Crippen LogP contribution in [0.2, 0.25) is 0 Å². The summed E-state index contributed by atoms with van der Waals surface area (Å²) in [5.41, 5.74) is -1.94. The molecule has 9 heteroatoms. The first-order valence-electron chi connectivity index (χ1n) is 5.74. The lowest BCUT2D eigenvalue weighted by molar-refractivity contribution is -0.207. The molecule has 0 unspecified atom stereocenters. The van der Waals surface area contributed by atoms with Gasteiger partial charge in [-0.25, -0.2) is 0 Å². The Hall–Kier alpha value is -0.0300. The fraction of sp³-hybridized carbons (Fsp3) is 1.00. The van der Waals surface area contributed by atoms with Gasteiger partial charge in [0.1, 0.15) is 17.8 Å². The summed E-state index contributed by atoms with van der Waals surface area (Å²) in [6.07, 6.45) is -4.91. The molecule has 0 saturated heterocycles. The van der Waals surface area contributed by atoms with Crippen molar-refractivity contribution in [1.29, 1.82) is 0 Å². The molecule has 0 aromatic rings. The van der Waals surface area contributed by atoms with Gasteiger partial charge >= 0.3 is 0 Å². The lowest BCUT2D eigenvalue weighted by Crippen LogP contribution is -3.00. The Morgan fingerprint density at radius 2 is 1.58 bits per heavy atom. The molecule has 1 saturated carbocycles. The number of nitrogens with one attached hydrogen (secondary N) is 1. The standard InChI is InChI=1S/C10H21NO7.ClH/c12-2-5(3-13)11-6-1-10(18,4-14)9(17)8(16)7(6)15;/h5-9,11-18H,1-4H2;1H/p-1/t6-,7-,8+,9-,10-;/m0./s1. The summed E-state index contributed by atoms with van der Waals surface area (Å²) >= 11 is 0. The second-order valence-electron chi connectivity index (χ2n) is 4.73. The Bertz CT molecular complexity index is 268. The van der Waals surface area contributed by atoms with Gasteiger partial charge in [0.25, 0.3) is 0 Å². The summed E-state index contributed by atoms with van der Waals surface area (Å²) in [6, 6.07) is -1.60. The molecule has 116 valence electrons. The van der Waals surface area contributed by atoms with Crippen LogP contribution in [0.5, 0.6) is 0 Å². The molecule has 0 heterocycles. The van der Waals surface area contributed by atoms with Crippen molar-refractivity contribution in [3.63, 3.8) is 0 Å². The maximum Gasteiger partial charge on any atom is 0.118 e. The molecular weight excluding hydrogens is 282 g/mol. The molecule has 1 rings (SSSR count). The van der Waals surface area contributed by atoms with Crippen molar-refractivity contribution in [2.75, 3.05) is 19.8 Å². The van der Waals surface area contributed by atoms with E-state index >= 15 is 0 Å². The molecule has 0 radical (unpaired) electrons. The molecule has 0 aliphatic heterocycles. The van der Waals surface area contributed by atoms with Gasteiger partial charge in [-0.2, -0.15) is 0 Å². The zero-order chi connectivity index (χ0) is 13.9. The highest BCUT2D eigenvalue weighted by Gasteiger charge is 2.51. The molecule has 0 bridgehead atoms. The lowest BCUT2D eigenvalue weighted by atomic mass is 9.76. The normalized spacial score (nSPS) is 39.2. The molecule has 1 aliphatic carbocycles. The smallest absolute Gasteiger partial charge is 0.118 e. The van der Waals surface area contributed by atoms with E-state index in [0.717, 1.165) is 0 Å². The van der Waals surface area contributed by atoms with Crippen LogP contribution in [0.15, 0.2) is 0 Å². The Labute approximate surface area is 116 Å². The van der Waals surface area contributed by atoms with Gasteiger partial charge in [-0.3, -0.25) is 0 Å². The molecule has 1 aliphatic rings. The first kappa shape index (κ1) is 19.0. The minimum atomic E-state index is -1.94. The van der Waals surface area contributed by atoms with Crippen molar-refractivity contribution < 1.29 is 48.2 Å². The summed E-state index contributed by atoms with van der Waals surface area (Å²) in [5.74, 6) is 0. The maximum absolute atomic E-state index is 9.93. The van der Waals surface area contributed by atoms with Crippen LogP contribution in [0.1, 0.15) is 6.42 Å². The van der Waals surface area contributed by atoms with Crippen LogP contribution in [-0.4, -0.2) is 91.6 Å². The Morgan fingerprint density at radius 1 is 1.05 bits per heavy atom. The van der Waals surface area contributed by atoms with Gasteiger partial charge in [0.05, 0.1) is 32.0 Å². The summed E-state index contributed by atoms with van der Waals surface area (Å²) in [5, 5.41) is 68.4. The van der Waals surface area contributed by atoms with Crippen molar-refractivity contribution in [2.24, 2.45) is 0 Å². The molecule has 0 amide bonds. The molecule has 0 spiro atoms. The van der Waals surface area contributed by atoms with Gasteiger partial charge < -0.3 is 53.5 Å². The van der Waals surface area contributed by atoms with Gasteiger partial charge in [0, 0.05) is 6.04 Å². The van der Waals surface area contributed by atoms with E-state index in [2.05, 4.69) is 5.32 Å². The van der Waals surface area contributed by atoms with Crippen LogP contribution >= 0.6 is 0 Å². The molecule has 19 heavy (non-hydrogen) atoms. The van der Waals surface area contributed by atoms with E-state index in [1.54, 1.807) is 0 Å². The average Bonchev–Trinajstić information content (AvgIpc) is 2.39. The third-order valence-corrected chi connectivity index (χ3v) is 3.37. The Balaban J connectivity index is 0.00000324. The van der Waals surface area contributed by atoms with E-state index in [0.29, 0.717) is 0 Å². The minimum absolute atomic E-state index is 0. The molecular formula is C10H21ClNO7-. The van der Waals surface area contributed by atoms with E-state index in [-0.39, 0.29) is 18.8 Å². The highest BCUT2D eigenvalue weighted by Crippen LogP contribution is 2.29. The van der Waals surface area contributed by atoms with Crippen molar-refractivity contribution in [2.45, 2.75) is 42.4 Å². The van der Waals surface area contributed by atoms with Gasteiger partial charge in [-0.15, -0.1) is 0 Å². The van der Waals surface area contributed by atoms with Crippen LogP contribution in [0.4, 0.5) is 0 Å². The number of hydrogen-bond acceptors (Lipinski definition) is 8. The van der Waals surface area contributed by atoms with Gasteiger partial charge in [-0.05, 0) is 6.42 Å². The van der Waals surface area contributed by atoms with E-state index in [1.807, 2.05) is 0 Å². The second-order valence-corrected chi connectivity index (χ2v) is 4.73. The van der Waals surface area contributed by atoms with Crippen LogP contribution in [-0.2, 0) is 0 Å². The third-order valence-electron chi connectivity index (χ3n) is 3.37. The van der Waals surface area contributed by atoms with Crippen molar-refractivity contribution in [3.8, 4) is 0 Å². The highest BCUT2D eigenvalue weighted by atomic mass is 35.5. The third kappa shape index (κ3) is 3.97. The van der Waals surface area contributed by atoms with E-state index < -0.39 is 55.8 Å². The van der Waals surface area contributed by atoms with Crippen LogP contribution < -0.4 is 17.7 Å². The monoisotopic (exact) mass is 302 g/mol. The minimum Gasteiger partial charge on any atom is -1.00 e. The topological polar surface area (TPSA) is 154 Å². The Kier molecular flexibility index (Phi) is 7.66. The maximum atomic E-state index is 9.93. The molecule has 5 atom stereocenters. The number of rotatable bonds is 5. The number of hydrogen-bond donors (Lipinski definition) is 8. The first-order chi connectivity index (χ1) is 8.39. The van der Waals surface area contributed by atoms with Gasteiger partial charge in [-0.1, -0.05) is 0 Å².